The third-order valence-electron chi connectivity index (χ3n) is 4.61. The number of amides is 2. The second-order valence-corrected chi connectivity index (χ2v) is 6.87. The molecule has 2 amide bonds. The van der Waals surface area contributed by atoms with Crippen LogP contribution >= 0.6 is 11.6 Å². The fourth-order valence-corrected chi connectivity index (χ4v) is 3.38. The van der Waals surface area contributed by atoms with Gasteiger partial charge in [0.25, 0.3) is 11.8 Å². The second kappa shape index (κ2) is 9.57. The number of hydrogen-bond donors (Lipinski definition) is 1. The number of rotatable bonds is 6. The fraction of sp³-hybridized carbons (Fsp3) is 0.286. The minimum Gasteiger partial charge on any atom is -0.493 e. The number of nitrogens with one attached hydrogen (secondary N) is 1. The highest BCUT2D eigenvalue weighted by Gasteiger charge is 2.33. The van der Waals surface area contributed by atoms with Gasteiger partial charge in [-0.25, -0.2) is 4.79 Å². The van der Waals surface area contributed by atoms with E-state index in [1.165, 1.54) is 38.3 Å². The predicted octanol–water partition coefficient (Wildman–Crippen LogP) is 2.05. The Hall–Kier alpha value is -3.46. The fourth-order valence-electron chi connectivity index (χ4n) is 3.09. The molecular formula is C21H21ClN2O7. The molecule has 9 nitrogen and oxygen atoms in total. The number of benzene rings is 2. The number of carbonyl (C=O) groups is 3. The molecule has 0 aliphatic carbocycles. The van der Waals surface area contributed by atoms with Gasteiger partial charge in [-0.1, -0.05) is 23.7 Å². The number of para-hydroxylation sites is 2. The molecule has 0 radical (unpaired) electrons. The molecule has 0 spiro atoms. The summed E-state index contributed by atoms with van der Waals surface area (Å²) in [6.07, 6.45) is -0.885. The first-order valence-corrected chi connectivity index (χ1v) is 9.63. The maximum atomic E-state index is 12.8. The van der Waals surface area contributed by atoms with Crippen LogP contribution in [0.15, 0.2) is 36.4 Å². The molecule has 2 aromatic rings. The Morgan fingerprint density at radius 3 is 2.61 bits per heavy atom. The molecule has 1 heterocycles. The second-order valence-electron chi connectivity index (χ2n) is 6.46. The lowest BCUT2D eigenvalue weighted by molar-refractivity contribution is -0.128. The summed E-state index contributed by atoms with van der Waals surface area (Å²) in [5.41, 5.74) is 0.582. The van der Waals surface area contributed by atoms with Crippen molar-refractivity contribution in [2.75, 3.05) is 39.3 Å². The molecule has 0 saturated carbocycles. The summed E-state index contributed by atoms with van der Waals surface area (Å²) in [6, 6.07) is 9.57. The van der Waals surface area contributed by atoms with Gasteiger partial charge in [-0.05, 0) is 24.3 Å². The summed E-state index contributed by atoms with van der Waals surface area (Å²) in [6.45, 7) is -0.561. The maximum Gasteiger partial charge on any atom is 0.338 e. The number of esters is 1. The molecule has 10 heteroatoms. The van der Waals surface area contributed by atoms with Crippen LogP contribution in [0.1, 0.15) is 10.4 Å². The number of ether oxygens (including phenoxy) is 4. The molecule has 1 N–H and O–H groups in total. The molecule has 0 fully saturated rings. The lowest BCUT2D eigenvalue weighted by Crippen LogP contribution is -2.51. The van der Waals surface area contributed by atoms with Gasteiger partial charge in [-0.3, -0.25) is 9.59 Å². The molecule has 2 aromatic carbocycles. The molecule has 1 aliphatic heterocycles. The number of hydrogen-bond acceptors (Lipinski definition) is 7. The van der Waals surface area contributed by atoms with Crippen LogP contribution in [0.5, 0.6) is 17.2 Å². The van der Waals surface area contributed by atoms with Crippen molar-refractivity contribution in [1.82, 2.24) is 5.32 Å². The highest BCUT2D eigenvalue weighted by atomic mass is 35.5. The van der Waals surface area contributed by atoms with Gasteiger partial charge < -0.3 is 29.2 Å². The van der Waals surface area contributed by atoms with Crippen LogP contribution in [-0.2, 0) is 14.3 Å². The zero-order valence-electron chi connectivity index (χ0n) is 17.1. The number of anilines is 1. The van der Waals surface area contributed by atoms with E-state index in [1.54, 1.807) is 24.3 Å². The van der Waals surface area contributed by atoms with Crippen molar-refractivity contribution < 1.29 is 33.3 Å². The molecule has 0 aromatic heterocycles. The molecule has 31 heavy (non-hydrogen) atoms. The molecule has 0 bridgehead atoms. The van der Waals surface area contributed by atoms with Crippen molar-refractivity contribution >= 4 is 35.1 Å². The van der Waals surface area contributed by atoms with E-state index in [9.17, 15) is 14.4 Å². The Balaban J connectivity index is 1.75. The van der Waals surface area contributed by atoms with E-state index in [-0.39, 0.29) is 34.5 Å². The molecule has 0 saturated heterocycles. The molecule has 3 rings (SSSR count). The molecule has 1 atom stereocenters. The van der Waals surface area contributed by atoms with E-state index in [2.05, 4.69) is 5.32 Å². The highest BCUT2D eigenvalue weighted by molar-refractivity contribution is 6.32. The van der Waals surface area contributed by atoms with Crippen molar-refractivity contribution in [1.29, 1.82) is 0 Å². The van der Waals surface area contributed by atoms with Gasteiger partial charge in [0.2, 0.25) is 0 Å². The quantitative estimate of drug-likeness (QED) is 0.674. The third kappa shape index (κ3) is 4.66. The Morgan fingerprint density at radius 2 is 1.94 bits per heavy atom. The van der Waals surface area contributed by atoms with Crippen molar-refractivity contribution in [3.05, 3.63) is 47.0 Å². The molecular weight excluding hydrogens is 428 g/mol. The minimum absolute atomic E-state index is 0.0186. The number of halogens is 1. The van der Waals surface area contributed by atoms with E-state index in [0.29, 0.717) is 11.4 Å². The Labute approximate surface area is 183 Å². The van der Waals surface area contributed by atoms with Crippen LogP contribution < -0.4 is 24.4 Å². The lowest BCUT2D eigenvalue weighted by Gasteiger charge is -2.33. The van der Waals surface area contributed by atoms with Crippen LogP contribution in [0.2, 0.25) is 5.02 Å². The first-order chi connectivity index (χ1) is 14.9. The number of fused-ring (bicyclic) bond motifs is 1. The number of carbonyl (C=O) groups excluding carboxylic acids is 3. The van der Waals surface area contributed by atoms with Crippen LogP contribution in [0.25, 0.3) is 0 Å². The van der Waals surface area contributed by atoms with Gasteiger partial charge in [-0.15, -0.1) is 0 Å². The van der Waals surface area contributed by atoms with Crippen LogP contribution in [0.3, 0.4) is 0 Å². The van der Waals surface area contributed by atoms with Gasteiger partial charge in [0, 0.05) is 7.05 Å². The van der Waals surface area contributed by atoms with Crippen LogP contribution in [0, 0.1) is 0 Å². The van der Waals surface area contributed by atoms with Gasteiger partial charge >= 0.3 is 5.97 Å². The van der Waals surface area contributed by atoms with E-state index < -0.39 is 24.6 Å². The SMILES string of the molecule is CNC(=O)C1CN(C(=O)COC(=O)c2cc(Cl)c(OC)c(OC)c2)c2ccccc2O1. The average molecular weight is 449 g/mol. The summed E-state index contributed by atoms with van der Waals surface area (Å²) in [4.78, 5) is 38.7. The molecule has 1 unspecified atom stereocenters. The van der Waals surface area contributed by atoms with Crippen molar-refractivity contribution in [2.45, 2.75) is 6.10 Å². The Morgan fingerprint density at radius 1 is 1.19 bits per heavy atom. The summed E-state index contributed by atoms with van der Waals surface area (Å²) < 4.78 is 21.2. The largest absolute Gasteiger partial charge is 0.493 e. The number of likely N-dealkylation sites (N-methyl/N-ethyl adjacent to an activating group) is 1. The highest BCUT2D eigenvalue weighted by Crippen LogP contribution is 2.36. The minimum atomic E-state index is -0.885. The van der Waals surface area contributed by atoms with Crippen molar-refractivity contribution in [2.24, 2.45) is 0 Å². The van der Waals surface area contributed by atoms with Gasteiger partial charge in [0.1, 0.15) is 5.75 Å². The number of nitrogens with zero attached hydrogens (tertiary/aromatic N) is 1. The van der Waals surface area contributed by atoms with Gasteiger partial charge in [0.15, 0.2) is 24.2 Å². The van der Waals surface area contributed by atoms with E-state index in [4.69, 9.17) is 30.5 Å². The summed E-state index contributed by atoms with van der Waals surface area (Å²) in [7, 11) is 4.31. The summed E-state index contributed by atoms with van der Waals surface area (Å²) in [5.74, 6) is -0.728. The Bertz CT molecular complexity index is 1010. The first-order valence-electron chi connectivity index (χ1n) is 9.25. The molecule has 164 valence electrons. The molecule has 1 aliphatic rings. The predicted molar refractivity (Wildman–Crippen MR) is 112 cm³/mol. The summed E-state index contributed by atoms with van der Waals surface area (Å²) >= 11 is 6.12. The van der Waals surface area contributed by atoms with Crippen molar-refractivity contribution in [3.63, 3.8) is 0 Å². The average Bonchev–Trinajstić information content (AvgIpc) is 2.80. The van der Waals surface area contributed by atoms with Gasteiger partial charge in [0.05, 0.1) is 37.0 Å². The topological polar surface area (TPSA) is 103 Å². The third-order valence-corrected chi connectivity index (χ3v) is 4.89. The monoisotopic (exact) mass is 448 g/mol. The van der Waals surface area contributed by atoms with E-state index in [0.717, 1.165) is 0 Å². The first kappa shape index (κ1) is 22.2. The van der Waals surface area contributed by atoms with E-state index in [1.807, 2.05) is 0 Å². The summed E-state index contributed by atoms with van der Waals surface area (Å²) in [5, 5.41) is 2.66. The standard InChI is InChI=1S/C21H21ClN2O7/c1-23-20(26)17-10-24(14-6-4-5-7-15(14)31-17)18(25)11-30-21(27)12-8-13(22)19(29-3)16(9-12)28-2/h4-9,17H,10-11H2,1-3H3,(H,23,26). The van der Waals surface area contributed by atoms with E-state index >= 15 is 0 Å². The van der Waals surface area contributed by atoms with Crippen LogP contribution in [0.4, 0.5) is 5.69 Å². The van der Waals surface area contributed by atoms with Gasteiger partial charge in [-0.2, -0.15) is 0 Å². The maximum absolute atomic E-state index is 12.8. The lowest BCUT2D eigenvalue weighted by atomic mass is 10.1. The smallest absolute Gasteiger partial charge is 0.338 e. The van der Waals surface area contributed by atoms with Crippen molar-refractivity contribution in [3.8, 4) is 17.2 Å². The normalized spacial score (nSPS) is 14.7. The van der Waals surface area contributed by atoms with Crippen LogP contribution in [-0.4, -0.2) is 58.3 Å². The number of methoxy groups -OCH3 is 2. The zero-order valence-corrected chi connectivity index (χ0v) is 17.9. The zero-order chi connectivity index (χ0) is 22.5. The Kier molecular flexibility index (Phi) is 6.86.